The lowest BCUT2D eigenvalue weighted by Crippen LogP contribution is -2.11. The zero-order valence-electron chi connectivity index (χ0n) is 13.3. The van der Waals surface area contributed by atoms with Gasteiger partial charge in [-0.3, -0.25) is 0 Å². The predicted octanol–water partition coefficient (Wildman–Crippen LogP) is 3.27. The van der Waals surface area contributed by atoms with Crippen LogP contribution in [0.3, 0.4) is 0 Å². The Balaban J connectivity index is 2.23. The Morgan fingerprint density at radius 3 is 2.68 bits per heavy atom. The van der Waals surface area contributed by atoms with Gasteiger partial charge in [-0.2, -0.15) is 4.98 Å². The van der Waals surface area contributed by atoms with Crippen molar-refractivity contribution >= 4 is 11.8 Å². The van der Waals surface area contributed by atoms with Gasteiger partial charge in [-0.05, 0) is 25.0 Å². The zero-order chi connectivity index (χ0) is 15.9. The van der Waals surface area contributed by atoms with Crippen LogP contribution in [0.25, 0.3) is 0 Å². The van der Waals surface area contributed by atoms with Gasteiger partial charge in [0.1, 0.15) is 11.6 Å². The summed E-state index contributed by atoms with van der Waals surface area (Å²) in [6, 6.07) is 7.33. The molecule has 0 saturated heterocycles. The monoisotopic (exact) mass is 300 g/mol. The first kappa shape index (κ1) is 16.1. The minimum Gasteiger partial charge on any atom is -0.508 e. The summed E-state index contributed by atoms with van der Waals surface area (Å²) in [7, 11) is 0. The van der Waals surface area contributed by atoms with E-state index in [-0.39, 0.29) is 11.7 Å². The molecular weight excluding hydrogens is 276 g/mol. The fourth-order valence-electron chi connectivity index (χ4n) is 2.41. The topological polar surface area (TPSA) is 84.1 Å². The minimum atomic E-state index is 0.275. The maximum absolute atomic E-state index is 9.97. The number of benzene rings is 1. The fourth-order valence-corrected chi connectivity index (χ4v) is 2.41. The van der Waals surface area contributed by atoms with Gasteiger partial charge in [0, 0.05) is 24.2 Å². The molecule has 0 spiro atoms. The highest BCUT2D eigenvalue weighted by molar-refractivity contribution is 5.52. The molecule has 0 saturated carbocycles. The molecule has 5 nitrogen and oxygen atoms in total. The Kier molecular flexibility index (Phi) is 5.58. The number of nitrogens with zero attached hydrogens (tertiary/aromatic N) is 2. The summed E-state index contributed by atoms with van der Waals surface area (Å²) in [5.74, 6) is 1.33. The van der Waals surface area contributed by atoms with E-state index in [2.05, 4.69) is 22.2 Å². The molecule has 0 aliphatic carbocycles. The first-order valence-corrected chi connectivity index (χ1v) is 7.75. The molecule has 1 aromatic heterocycles. The van der Waals surface area contributed by atoms with Gasteiger partial charge >= 0.3 is 0 Å². The number of hydrogen-bond donors (Lipinski definition) is 3. The van der Waals surface area contributed by atoms with Crippen LogP contribution in [0.4, 0.5) is 11.8 Å². The van der Waals surface area contributed by atoms with Crippen molar-refractivity contribution in [2.45, 2.75) is 39.5 Å². The number of hydrogen-bond acceptors (Lipinski definition) is 5. The first-order valence-electron chi connectivity index (χ1n) is 7.75. The molecule has 0 aliphatic rings. The highest BCUT2D eigenvalue weighted by Crippen LogP contribution is 2.25. The first-order chi connectivity index (χ1) is 10.6. The van der Waals surface area contributed by atoms with Crippen molar-refractivity contribution in [1.29, 1.82) is 0 Å². The largest absolute Gasteiger partial charge is 0.508 e. The van der Waals surface area contributed by atoms with E-state index >= 15 is 0 Å². The summed E-state index contributed by atoms with van der Waals surface area (Å²) in [5, 5.41) is 13.3. The van der Waals surface area contributed by atoms with E-state index in [0.717, 1.165) is 35.6 Å². The third-order valence-corrected chi connectivity index (χ3v) is 3.66. The lowest BCUT2D eigenvalue weighted by atomic mass is 10.0. The lowest BCUT2D eigenvalue weighted by Gasteiger charge is -2.14. The van der Waals surface area contributed by atoms with Crippen LogP contribution in [-0.4, -0.2) is 21.6 Å². The maximum atomic E-state index is 9.97. The van der Waals surface area contributed by atoms with Crippen molar-refractivity contribution in [2.24, 2.45) is 0 Å². The van der Waals surface area contributed by atoms with Crippen molar-refractivity contribution in [3.8, 4) is 5.75 Å². The lowest BCUT2D eigenvalue weighted by molar-refractivity contribution is 0.469. The molecule has 0 bridgehead atoms. The molecule has 2 rings (SSSR count). The Morgan fingerprint density at radius 2 is 1.95 bits per heavy atom. The van der Waals surface area contributed by atoms with Crippen LogP contribution in [0.15, 0.2) is 24.3 Å². The third kappa shape index (κ3) is 4.10. The number of rotatable bonds is 7. The van der Waals surface area contributed by atoms with Gasteiger partial charge in [-0.1, -0.05) is 38.0 Å². The summed E-state index contributed by atoms with van der Waals surface area (Å²) in [6.45, 7) is 4.96. The van der Waals surface area contributed by atoms with Crippen molar-refractivity contribution in [2.75, 3.05) is 17.6 Å². The van der Waals surface area contributed by atoms with E-state index in [9.17, 15) is 5.11 Å². The van der Waals surface area contributed by atoms with Gasteiger partial charge in [0.05, 0.1) is 0 Å². The van der Waals surface area contributed by atoms with Gasteiger partial charge in [0.2, 0.25) is 5.95 Å². The molecule has 0 radical (unpaired) electrons. The number of aromatic hydroxyl groups is 1. The third-order valence-electron chi connectivity index (χ3n) is 3.66. The Morgan fingerprint density at radius 1 is 1.18 bits per heavy atom. The maximum Gasteiger partial charge on any atom is 0.222 e. The molecule has 22 heavy (non-hydrogen) atoms. The van der Waals surface area contributed by atoms with E-state index in [0.29, 0.717) is 6.42 Å². The number of para-hydroxylation sites is 1. The van der Waals surface area contributed by atoms with E-state index in [1.807, 2.05) is 25.1 Å². The second-order valence-corrected chi connectivity index (χ2v) is 5.43. The number of unbranched alkanes of at least 4 members (excludes halogenated alkanes) is 2. The summed E-state index contributed by atoms with van der Waals surface area (Å²) >= 11 is 0. The van der Waals surface area contributed by atoms with Gasteiger partial charge in [0.15, 0.2) is 0 Å². The van der Waals surface area contributed by atoms with E-state index in [1.165, 1.54) is 12.8 Å². The number of phenolic OH excluding ortho intramolecular Hbond substituents is 1. The van der Waals surface area contributed by atoms with Crippen LogP contribution in [0, 0.1) is 6.92 Å². The quantitative estimate of drug-likeness (QED) is 0.683. The van der Waals surface area contributed by atoms with E-state index < -0.39 is 0 Å². The Bertz CT molecular complexity index is 628. The Hall–Kier alpha value is -2.30. The predicted molar refractivity (Wildman–Crippen MR) is 90.1 cm³/mol. The van der Waals surface area contributed by atoms with Crippen molar-refractivity contribution < 1.29 is 5.11 Å². The summed E-state index contributed by atoms with van der Waals surface area (Å²) in [4.78, 5) is 8.58. The summed E-state index contributed by atoms with van der Waals surface area (Å²) < 4.78 is 0. The van der Waals surface area contributed by atoms with Crippen LogP contribution in [0.2, 0.25) is 0 Å². The van der Waals surface area contributed by atoms with Crippen LogP contribution in [0.5, 0.6) is 5.75 Å². The zero-order valence-corrected chi connectivity index (χ0v) is 13.3. The van der Waals surface area contributed by atoms with Crippen molar-refractivity contribution in [1.82, 2.24) is 9.97 Å². The van der Waals surface area contributed by atoms with Gasteiger partial charge in [-0.25, -0.2) is 4.98 Å². The van der Waals surface area contributed by atoms with E-state index in [1.54, 1.807) is 6.07 Å². The number of anilines is 2. The molecule has 2 aromatic rings. The molecular formula is C17H24N4O. The summed E-state index contributed by atoms with van der Waals surface area (Å²) in [6.07, 6.45) is 4.03. The number of aromatic nitrogens is 2. The molecule has 118 valence electrons. The molecule has 1 heterocycles. The molecule has 0 atom stereocenters. The molecule has 1 aromatic carbocycles. The second-order valence-electron chi connectivity index (χ2n) is 5.43. The SMILES string of the molecule is CCCCCNc1nc(N)nc(C)c1Cc1ccccc1O. The van der Waals surface area contributed by atoms with E-state index in [4.69, 9.17) is 5.73 Å². The number of phenols is 1. The van der Waals surface area contributed by atoms with Gasteiger partial charge < -0.3 is 16.2 Å². The fraction of sp³-hybridized carbons (Fsp3) is 0.412. The van der Waals surface area contributed by atoms with Crippen LogP contribution < -0.4 is 11.1 Å². The molecule has 0 aliphatic heterocycles. The van der Waals surface area contributed by atoms with Crippen LogP contribution >= 0.6 is 0 Å². The molecule has 4 N–H and O–H groups in total. The van der Waals surface area contributed by atoms with Crippen molar-refractivity contribution in [3.05, 3.63) is 41.1 Å². The number of aryl methyl sites for hydroxylation is 1. The average Bonchev–Trinajstić information content (AvgIpc) is 2.48. The highest BCUT2D eigenvalue weighted by atomic mass is 16.3. The second kappa shape index (κ2) is 7.64. The number of nitrogens with one attached hydrogen (secondary N) is 1. The van der Waals surface area contributed by atoms with Crippen molar-refractivity contribution in [3.63, 3.8) is 0 Å². The number of nitrogens with two attached hydrogens (primary N) is 1. The standard InChI is InChI=1S/C17H24N4O/c1-3-4-7-10-19-16-14(12(2)20-17(18)21-16)11-13-8-5-6-9-15(13)22/h5-6,8-9,22H,3-4,7,10-11H2,1-2H3,(H3,18,19,20,21). The minimum absolute atomic E-state index is 0.275. The average molecular weight is 300 g/mol. The molecule has 0 amide bonds. The molecule has 0 fully saturated rings. The van der Waals surface area contributed by atoms with Crippen LogP contribution in [-0.2, 0) is 6.42 Å². The normalized spacial score (nSPS) is 10.6. The van der Waals surface area contributed by atoms with Crippen LogP contribution in [0.1, 0.15) is 43.0 Å². The molecule has 5 heteroatoms. The van der Waals surface area contributed by atoms with Gasteiger partial charge in [-0.15, -0.1) is 0 Å². The van der Waals surface area contributed by atoms with Gasteiger partial charge in [0.25, 0.3) is 0 Å². The highest BCUT2D eigenvalue weighted by Gasteiger charge is 2.13. The Labute approximate surface area is 131 Å². The smallest absolute Gasteiger partial charge is 0.222 e. The molecule has 0 unspecified atom stereocenters. The number of nitrogen functional groups attached to an aromatic ring is 1. The summed E-state index contributed by atoms with van der Waals surface area (Å²) in [5.41, 5.74) is 8.45.